The summed E-state index contributed by atoms with van der Waals surface area (Å²) in [4.78, 5) is 8.35. The van der Waals surface area contributed by atoms with Gasteiger partial charge < -0.3 is 19.0 Å². The molecular weight excluding hydrogens is 240 g/mol. The quantitative estimate of drug-likeness (QED) is 0.372. The predicted octanol–water partition coefficient (Wildman–Crippen LogP) is 1.28. The van der Waals surface area contributed by atoms with Gasteiger partial charge in [-0.25, -0.2) is 10.2 Å². The molecule has 102 valence electrons. The highest BCUT2D eigenvalue weighted by molar-refractivity contribution is 6.60. The van der Waals surface area contributed by atoms with Gasteiger partial charge in [0, 0.05) is 25.9 Å². The van der Waals surface area contributed by atoms with Crippen molar-refractivity contribution in [2.24, 2.45) is 5.73 Å². The highest BCUT2D eigenvalue weighted by Gasteiger charge is 2.39. The van der Waals surface area contributed by atoms with Crippen molar-refractivity contribution in [3.05, 3.63) is 0 Å². The van der Waals surface area contributed by atoms with Crippen LogP contribution in [0.25, 0.3) is 0 Å². The molecule has 0 aromatic rings. The first-order valence-corrected chi connectivity index (χ1v) is 7.75. The molecule has 0 aromatic heterocycles. The molecule has 0 bridgehead atoms. The summed E-state index contributed by atoms with van der Waals surface area (Å²) in [5.41, 5.74) is 5.48. The van der Waals surface area contributed by atoms with Crippen LogP contribution in [0.4, 0.5) is 0 Å². The molecule has 3 N–H and O–H groups in total. The van der Waals surface area contributed by atoms with E-state index < -0.39 is 8.80 Å². The molecule has 0 unspecified atom stereocenters. The van der Waals surface area contributed by atoms with Gasteiger partial charge in [0.15, 0.2) is 0 Å². The Labute approximate surface area is 104 Å². The summed E-state index contributed by atoms with van der Waals surface area (Å²) in [6.07, 6.45) is 1.65. The van der Waals surface area contributed by atoms with Crippen LogP contribution in [0.3, 0.4) is 0 Å². The van der Waals surface area contributed by atoms with Gasteiger partial charge in [-0.2, -0.15) is 0 Å². The molecule has 0 atom stereocenters. The second-order valence-corrected chi connectivity index (χ2v) is 5.71. The summed E-state index contributed by atoms with van der Waals surface area (Å²) in [6.45, 7) is 8.44. The average molecular weight is 264 g/mol. The average Bonchev–Trinajstić information content (AvgIpc) is 2.29. The Kier molecular flexibility index (Phi) is 14.9. The number of nitrogens with one attached hydrogen (secondary N) is 1. The molecule has 0 aliphatic carbocycles. The fourth-order valence-corrected chi connectivity index (χ4v) is 3.96. The van der Waals surface area contributed by atoms with Crippen molar-refractivity contribution < 1.29 is 18.1 Å². The van der Waals surface area contributed by atoms with E-state index in [0.29, 0.717) is 26.4 Å². The van der Waals surface area contributed by atoms with E-state index >= 15 is 0 Å². The van der Waals surface area contributed by atoms with Crippen molar-refractivity contribution in [3.8, 4) is 0 Å². The molecule has 0 aliphatic heterocycles. The van der Waals surface area contributed by atoms with Gasteiger partial charge in [0.2, 0.25) is 6.08 Å². The van der Waals surface area contributed by atoms with Crippen molar-refractivity contribution in [3.63, 3.8) is 0 Å². The lowest BCUT2D eigenvalue weighted by Gasteiger charge is -2.28. The van der Waals surface area contributed by atoms with E-state index in [1.54, 1.807) is 0 Å². The Morgan fingerprint density at radius 3 is 1.71 bits per heavy atom. The minimum atomic E-state index is -2.40. The first kappa shape index (κ1) is 18.8. The van der Waals surface area contributed by atoms with E-state index in [4.69, 9.17) is 29.2 Å². The summed E-state index contributed by atoms with van der Waals surface area (Å²) in [5.74, 6) is 0. The second-order valence-electron chi connectivity index (χ2n) is 2.98. The van der Waals surface area contributed by atoms with Gasteiger partial charge in [-0.1, -0.05) is 0 Å². The SMILES string of the molecule is CCO[Si](CCCN)(OCC)OCC.N=C=O. The molecule has 17 heavy (non-hydrogen) atoms. The van der Waals surface area contributed by atoms with Crippen molar-refractivity contribution >= 4 is 14.9 Å². The molecule has 6 nitrogen and oxygen atoms in total. The largest absolute Gasteiger partial charge is 0.500 e. The zero-order valence-electron chi connectivity index (χ0n) is 11.0. The van der Waals surface area contributed by atoms with Crippen LogP contribution in [0.1, 0.15) is 27.2 Å². The Hall–Kier alpha value is -0.563. The molecule has 0 aliphatic rings. The van der Waals surface area contributed by atoms with Crippen LogP contribution < -0.4 is 5.73 Å². The molecule has 0 saturated carbocycles. The molecule has 0 saturated heterocycles. The highest BCUT2D eigenvalue weighted by atomic mass is 28.4. The summed E-state index contributed by atoms with van der Waals surface area (Å²) >= 11 is 0. The Morgan fingerprint density at radius 1 is 1.12 bits per heavy atom. The van der Waals surface area contributed by atoms with Crippen molar-refractivity contribution in [1.29, 1.82) is 5.41 Å². The predicted molar refractivity (Wildman–Crippen MR) is 67.5 cm³/mol. The van der Waals surface area contributed by atoms with Gasteiger partial charge in [0.05, 0.1) is 0 Å². The van der Waals surface area contributed by atoms with Gasteiger partial charge in [0.1, 0.15) is 0 Å². The molecule has 0 fully saturated rings. The van der Waals surface area contributed by atoms with Crippen molar-refractivity contribution in [2.75, 3.05) is 26.4 Å². The van der Waals surface area contributed by atoms with E-state index in [1.165, 1.54) is 0 Å². The third kappa shape index (κ3) is 10.3. The van der Waals surface area contributed by atoms with E-state index in [0.717, 1.165) is 18.5 Å². The summed E-state index contributed by atoms with van der Waals surface area (Å²) in [6, 6.07) is 0.818. The first-order valence-electron chi connectivity index (χ1n) is 5.82. The third-order valence-corrected chi connectivity index (χ3v) is 4.93. The van der Waals surface area contributed by atoms with Crippen molar-refractivity contribution in [2.45, 2.75) is 33.2 Å². The molecular formula is C10H24N2O4Si. The smallest absolute Gasteiger partial charge is 0.374 e. The van der Waals surface area contributed by atoms with Gasteiger partial charge in [-0.3, -0.25) is 0 Å². The Balaban J connectivity index is 0. The second kappa shape index (κ2) is 13.5. The van der Waals surface area contributed by atoms with Crippen LogP contribution in [-0.4, -0.2) is 41.2 Å². The van der Waals surface area contributed by atoms with Crippen LogP contribution in [0.2, 0.25) is 6.04 Å². The molecule has 0 aromatic carbocycles. The third-order valence-electron chi connectivity index (χ3n) is 1.78. The van der Waals surface area contributed by atoms with E-state index in [-0.39, 0.29) is 0 Å². The Morgan fingerprint density at radius 2 is 1.47 bits per heavy atom. The molecule has 0 rings (SSSR count). The first-order chi connectivity index (χ1) is 8.16. The number of hydrogen-bond acceptors (Lipinski definition) is 6. The fraction of sp³-hybridized carbons (Fsp3) is 0.900. The molecule has 0 heterocycles. The summed E-state index contributed by atoms with van der Waals surface area (Å²) in [7, 11) is -2.40. The number of rotatable bonds is 9. The van der Waals surface area contributed by atoms with Gasteiger partial charge >= 0.3 is 8.80 Å². The maximum Gasteiger partial charge on any atom is 0.500 e. The summed E-state index contributed by atoms with van der Waals surface area (Å²) in [5, 5.41) is 5.40. The number of carbonyl (C=O) groups excluding carboxylic acids is 1. The van der Waals surface area contributed by atoms with Crippen LogP contribution in [0, 0.1) is 5.41 Å². The fourth-order valence-electron chi connectivity index (χ4n) is 1.32. The van der Waals surface area contributed by atoms with Crippen LogP contribution >= 0.6 is 0 Å². The topological polar surface area (TPSA) is 94.6 Å². The zero-order valence-corrected chi connectivity index (χ0v) is 12.0. The van der Waals surface area contributed by atoms with E-state index in [9.17, 15) is 0 Å². The monoisotopic (exact) mass is 264 g/mol. The van der Waals surface area contributed by atoms with Gasteiger partial charge in [-0.15, -0.1) is 0 Å². The Bertz CT molecular complexity index is 182. The minimum Gasteiger partial charge on any atom is -0.374 e. The lowest BCUT2D eigenvalue weighted by Crippen LogP contribution is -2.46. The van der Waals surface area contributed by atoms with Crippen LogP contribution in [0.15, 0.2) is 0 Å². The van der Waals surface area contributed by atoms with Gasteiger partial charge in [0.25, 0.3) is 0 Å². The van der Waals surface area contributed by atoms with Crippen molar-refractivity contribution in [1.82, 2.24) is 0 Å². The standard InChI is InChI=1S/C9H23NO3Si.CHNO/c1-4-11-14(12-5-2,13-6-3)9-7-8-10;2-1-3/h4-10H2,1-3H3;2H. The zero-order chi connectivity index (χ0) is 13.6. The molecule has 0 radical (unpaired) electrons. The van der Waals surface area contributed by atoms with Crippen LogP contribution in [-0.2, 0) is 18.1 Å². The maximum absolute atomic E-state index is 8.35. The lowest BCUT2D eigenvalue weighted by atomic mass is 10.5. The van der Waals surface area contributed by atoms with E-state index in [1.807, 2.05) is 20.8 Å². The van der Waals surface area contributed by atoms with E-state index in [2.05, 4.69) is 0 Å². The number of nitrogens with two attached hydrogens (primary N) is 1. The normalized spacial score (nSPS) is 10.4. The maximum atomic E-state index is 8.35. The minimum absolute atomic E-state index is 0.636. The molecule has 7 heteroatoms. The lowest BCUT2D eigenvalue weighted by molar-refractivity contribution is 0.0710. The molecule has 0 amide bonds. The number of hydrogen-bond donors (Lipinski definition) is 2. The van der Waals surface area contributed by atoms with Crippen LogP contribution in [0.5, 0.6) is 0 Å². The summed E-state index contributed by atoms with van der Waals surface area (Å²) < 4.78 is 17.0. The highest BCUT2D eigenvalue weighted by Crippen LogP contribution is 2.17. The number of isocyanates is 1. The molecule has 0 spiro atoms. The van der Waals surface area contributed by atoms with Gasteiger partial charge in [-0.05, 0) is 33.7 Å².